The summed E-state index contributed by atoms with van der Waals surface area (Å²) in [6.45, 7) is 9.63. The zero-order valence-electron chi connectivity index (χ0n) is 65.5. The molecule has 5 atom stereocenters. The van der Waals surface area contributed by atoms with Crippen LogP contribution in [0.3, 0.4) is 0 Å². The molecule has 0 aromatic carbocycles. The van der Waals surface area contributed by atoms with E-state index in [0.717, 1.165) is 102 Å². The highest BCUT2D eigenvalue weighted by molar-refractivity contribution is 7.47. The van der Waals surface area contributed by atoms with Gasteiger partial charge in [0.1, 0.15) is 19.3 Å². The summed E-state index contributed by atoms with van der Waals surface area (Å²) in [7, 11) is -9.92. The van der Waals surface area contributed by atoms with Crippen LogP contribution in [0.1, 0.15) is 427 Å². The zero-order valence-corrected chi connectivity index (χ0v) is 67.3. The molecule has 594 valence electrons. The molecule has 0 aliphatic carbocycles. The Balaban J connectivity index is 5.25. The number of aliphatic hydroxyl groups excluding tert-OH is 1. The molecule has 19 heteroatoms. The molecule has 0 heterocycles. The highest BCUT2D eigenvalue weighted by Crippen LogP contribution is 2.45. The van der Waals surface area contributed by atoms with Crippen molar-refractivity contribution < 1.29 is 80.2 Å². The number of carbonyl (C=O) groups is 4. The average Bonchev–Trinajstić information content (AvgIpc) is 0.917. The molecular weight excluding hydrogens is 1310 g/mol. The minimum Gasteiger partial charge on any atom is -0.462 e. The second-order valence-electron chi connectivity index (χ2n) is 30.1. The summed E-state index contributed by atoms with van der Waals surface area (Å²) in [5, 5.41) is 10.6. The summed E-state index contributed by atoms with van der Waals surface area (Å²) in [5.74, 6) is -0.590. The summed E-state index contributed by atoms with van der Waals surface area (Å²) >= 11 is 0. The first kappa shape index (κ1) is 98.1. The Hall–Kier alpha value is -1.94. The first-order valence-corrected chi connectivity index (χ1v) is 45.0. The summed E-state index contributed by atoms with van der Waals surface area (Å²) in [6, 6.07) is 0. The third-order valence-corrected chi connectivity index (χ3v) is 20.9. The Morgan fingerprint density at radius 3 is 0.680 bits per heavy atom. The maximum atomic E-state index is 13.1. The number of carbonyl (C=O) groups excluding carboxylic acids is 4. The van der Waals surface area contributed by atoms with E-state index >= 15 is 0 Å². The Labute approximate surface area is 613 Å². The molecule has 0 radical (unpaired) electrons. The van der Waals surface area contributed by atoms with Crippen LogP contribution in [0.4, 0.5) is 0 Å². The summed E-state index contributed by atoms with van der Waals surface area (Å²) < 4.78 is 68.7. The van der Waals surface area contributed by atoms with Crippen molar-refractivity contribution in [1.82, 2.24) is 0 Å². The van der Waals surface area contributed by atoms with Crippen LogP contribution in [0.5, 0.6) is 0 Å². The molecule has 0 rings (SSSR count). The molecule has 0 aromatic rings. The monoisotopic (exact) mass is 1470 g/mol. The van der Waals surface area contributed by atoms with Crippen molar-refractivity contribution in [2.75, 3.05) is 39.6 Å². The molecule has 0 bridgehead atoms. The van der Waals surface area contributed by atoms with Gasteiger partial charge < -0.3 is 33.8 Å². The van der Waals surface area contributed by atoms with E-state index < -0.39 is 97.5 Å². The Kier molecular flexibility index (Phi) is 71.2. The van der Waals surface area contributed by atoms with Crippen molar-refractivity contribution in [1.29, 1.82) is 0 Å². The van der Waals surface area contributed by atoms with Gasteiger partial charge in [0.05, 0.1) is 26.4 Å². The number of ether oxygens (including phenoxy) is 4. The van der Waals surface area contributed by atoms with Crippen LogP contribution in [0.15, 0.2) is 0 Å². The predicted octanol–water partition coefficient (Wildman–Crippen LogP) is 24.3. The lowest BCUT2D eigenvalue weighted by atomic mass is 10.0. The fraction of sp³-hybridized carbons (Fsp3) is 0.951. The van der Waals surface area contributed by atoms with E-state index in [1.54, 1.807) is 0 Å². The third kappa shape index (κ3) is 74.3. The van der Waals surface area contributed by atoms with Crippen molar-refractivity contribution in [2.24, 2.45) is 11.8 Å². The van der Waals surface area contributed by atoms with Gasteiger partial charge in [-0.2, -0.15) is 0 Å². The third-order valence-electron chi connectivity index (χ3n) is 19.0. The van der Waals surface area contributed by atoms with Crippen LogP contribution in [-0.2, 0) is 65.4 Å². The van der Waals surface area contributed by atoms with Crippen molar-refractivity contribution in [3.05, 3.63) is 0 Å². The summed E-state index contributed by atoms with van der Waals surface area (Å²) in [5.41, 5.74) is 0. The maximum Gasteiger partial charge on any atom is 0.472 e. The van der Waals surface area contributed by atoms with Crippen molar-refractivity contribution in [3.63, 3.8) is 0 Å². The minimum atomic E-state index is -4.96. The number of hydrogen-bond donors (Lipinski definition) is 3. The summed E-state index contributed by atoms with van der Waals surface area (Å²) in [6.07, 6.45) is 62.4. The number of rotatable bonds is 80. The first-order chi connectivity index (χ1) is 48.4. The largest absolute Gasteiger partial charge is 0.472 e. The molecule has 0 saturated carbocycles. The van der Waals surface area contributed by atoms with Crippen molar-refractivity contribution >= 4 is 39.5 Å². The molecule has 0 saturated heterocycles. The quantitative estimate of drug-likeness (QED) is 0.0222. The highest BCUT2D eigenvalue weighted by Gasteiger charge is 2.30. The van der Waals surface area contributed by atoms with E-state index in [0.29, 0.717) is 25.7 Å². The number of unbranched alkanes of at least 4 members (excludes halogenated alkanes) is 50. The smallest absolute Gasteiger partial charge is 0.462 e. The van der Waals surface area contributed by atoms with Gasteiger partial charge in [0.15, 0.2) is 12.2 Å². The molecule has 0 fully saturated rings. The first-order valence-electron chi connectivity index (χ1n) is 42.0. The van der Waals surface area contributed by atoms with Crippen LogP contribution >= 0.6 is 15.6 Å². The molecule has 100 heavy (non-hydrogen) atoms. The van der Waals surface area contributed by atoms with Crippen LogP contribution in [0.25, 0.3) is 0 Å². The Morgan fingerprint density at radius 2 is 0.460 bits per heavy atom. The van der Waals surface area contributed by atoms with Crippen LogP contribution in [0.2, 0.25) is 0 Å². The Morgan fingerprint density at radius 1 is 0.270 bits per heavy atom. The van der Waals surface area contributed by atoms with Gasteiger partial charge >= 0.3 is 39.5 Å². The van der Waals surface area contributed by atoms with E-state index in [-0.39, 0.29) is 25.7 Å². The molecule has 0 amide bonds. The van der Waals surface area contributed by atoms with Gasteiger partial charge in [0.2, 0.25) is 0 Å². The number of hydrogen-bond acceptors (Lipinski definition) is 15. The van der Waals surface area contributed by atoms with E-state index in [9.17, 15) is 43.2 Å². The molecule has 0 spiro atoms. The summed E-state index contributed by atoms with van der Waals surface area (Å²) in [4.78, 5) is 73.1. The van der Waals surface area contributed by atoms with Crippen molar-refractivity contribution in [3.8, 4) is 0 Å². The number of esters is 4. The molecule has 3 N–H and O–H groups in total. The second-order valence-corrected chi connectivity index (χ2v) is 33.0. The standard InChI is InChI=1S/C81H158O17P2/c1-7-9-11-13-15-17-19-21-23-24-25-27-31-36-40-48-54-60-66-80(85)97-76(69-91-78(83)63-57-51-45-38-34-32-28-29-33-37-43-49-55-61-73(3)4)71-95-99(87,88)93-67-75(82)68-94-100(89,90)96-72-77(70-92-79(84)64-58-52-46-42-41-44-50-56-62-74(5)6)98-81(86)65-59-53-47-39-35-30-26-22-20-18-16-14-12-10-8-2/h73-77,82H,7-72H2,1-6H3,(H,87,88)(H,89,90)/t75-,76-,77-/m1/s1. The van der Waals surface area contributed by atoms with Gasteiger partial charge in [-0.3, -0.25) is 37.3 Å². The van der Waals surface area contributed by atoms with Gasteiger partial charge in [-0.1, -0.05) is 375 Å². The van der Waals surface area contributed by atoms with Crippen molar-refractivity contribution in [2.45, 2.75) is 445 Å². The average molecular weight is 1470 g/mol. The van der Waals surface area contributed by atoms with E-state index in [2.05, 4.69) is 41.5 Å². The molecule has 0 aromatic heterocycles. The zero-order chi connectivity index (χ0) is 73.5. The fourth-order valence-electron chi connectivity index (χ4n) is 12.5. The van der Waals surface area contributed by atoms with E-state index in [4.69, 9.17) is 37.0 Å². The molecule has 2 unspecified atom stereocenters. The molecule has 17 nitrogen and oxygen atoms in total. The number of phosphoric acid groups is 2. The van der Waals surface area contributed by atoms with Gasteiger partial charge in [-0.25, -0.2) is 9.13 Å². The van der Waals surface area contributed by atoms with E-state index in [1.165, 1.54) is 244 Å². The molecular formula is C81H158O17P2. The lowest BCUT2D eigenvalue weighted by Gasteiger charge is -2.21. The molecule has 0 aliphatic heterocycles. The van der Waals surface area contributed by atoms with E-state index in [1.807, 2.05) is 0 Å². The number of phosphoric ester groups is 2. The SMILES string of the molecule is CCCCCCCCCCCCCCCCCCCCC(=O)O[C@H](COC(=O)CCCCCCCCCCCCCCCC(C)C)COP(=O)(O)OC[C@@H](O)COP(=O)(O)OC[C@@H](COC(=O)CCCCCCCCCCC(C)C)OC(=O)CCCCCCCCCCCCCCCCC. The normalized spacial score (nSPS) is 13.9. The van der Waals surface area contributed by atoms with Gasteiger partial charge in [-0.15, -0.1) is 0 Å². The van der Waals surface area contributed by atoms with Gasteiger partial charge in [0, 0.05) is 25.7 Å². The van der Waals surface area contributed by atoms with Crippen LogP contribution < -0.4 is 0 Å². The maximum absolute atomic E-state index is 13.1. The second kappa shape index (κ2) is 72.6. The van der Waals surface area contributed by atoms with Crippen LogP contribution in [-0.4, -0.2) is 96.7 Å². The topological polar surface area (TPSA) is 237 Å². The minimum absolute atomic E-state index is 0.108. The number of aliphatic hydroxyl groups is 1. The van der Waals surface area contributed by atoms with Gasteiger partial charge in [-0.05, 0) is 37.5 Å². The highest BCUT2D eigenvalue weighted by atomic mass is 31.2. The molecule has 0 aliphatic rings. The lowest BCUT2D eigenvalue weighted by Crippen LogP contribution is -2.30. The lowest BCUT2D eigenvalue weighted by molar-refractivity contribution is -0.161. The predicted molar refractivity (Wildman–Crippen MR) is 409 cm³/mol. The van der Waals surface area contributed by atoms with Crippen LogP contribution in [0, 0.1) is 11.8 Å². The fourth-order valence-corrected chi connectivity index (χ4v) is 14.1. The van der Waals surface area contributed by atoms with Gasteiger partial charge in [0.25, 0.3) is 0 Å². The Bertz CT molecular complexity index is 1920.